The molecule has 116 valence electrons. The highest BCUT2D eigenvalue weighted by molar-refractivity contribution is 9.10. The molecule has 22 heavy (non-hydrogen) atoms. The third-order valence-corrected chi connectivity index (χ3v) is 6.16. The fourth-order valence-electron chi connectivity index (χ4n) is 2.82. The van der Waals surface area contributed by atoms with E-state index < -0.39 is 10.0 Å². The molecule has 2 aromatic rings. The van der Waals surface area contributed by atoms with Crippen molar-refractivity contribution >= 4 is 31.6 Å². The minimum absolute atomic E-state index is 0.181. The molecule has 0 amide bonds. The number of methoxy groups -OCH3 is 1. The van der Waals surface area contributed by atoms with Gasteiger partial charge in [0.2, 0.25) is 0 Å². The van der Waals surface area contributed by atoms with E-state index in [1.54, 1.807) is 18.2 Å². The van der Waals surface area contributed by atoms with E-state index in [0.29, 0.717) is 16.8 Å². The minimum Gasteiger partial charge on any atom is -0.495 e. The molecule has 3 rings (SSSR count). The van der Waals surface area contributed by atoms with Crippen molar-refractivity contribution in [3.8, 4) is 5.75 Å². The Kier molecular flexibility index (Phi) is 3.91. The Morgan fingerprint density at radius 2 is 2.00 bits per heavy atom. The number of sulfonamides is 1. The van der Waals surface area contributed by atoms with Gasteiger partial charge in [0.05, 0.1) is 12.8 Å². The summed E-state index contributed by atoms with van der Waals surface area (Å²) >= 11 is 3.33. The van der Waals surface area contributed by atoms with Crippen LogP contribution in [0.4, 0.5) is 5.69 Å². The number of halogens is 1. The molecule has 0 fully saturated rings. The normalized spacial score (nSPS) is 14.0. The van der Waals surface area contributed by atoms with Gasteiger partial charge >= 0.3 is 0 Å². The van der Waals surface area contributed by atoms with Gasteiger partial charge in [-0.2, -0.15) is 0 Å². The van der Waals surface area contributed by atoms with Crippen LogP contribution in [0.2, 0.25) is 0 Å². The van der Waals surface area contributed by atoms with Gasteiger partial charge in [0.1, 0.15) is 10.6 Å². The smallest absolute Gasteiger partial charge is 0.268 e. The summed E-state index contributed by atoms with van der Waals surface area (Å²) in [5, 5.41) is 0. The first kappa shape index (κ1) is 15.4. The van der Waals surface area contributed by atoms with E-state index in [4.69, 9.17) is 4.74 Å². The molecule has 0 saturated heterocycles. The predicted octanol–water partition coefficient (Wildman–Crippen LogP) is 3.52. The minimum atomic E-state index is -3.66. The molecule has 6 heteroatoms. The summed E-state index contributed by atoms with van der Waals surface area (Å²) in [5.41, 5.74) is 2.83. The third-order valence-electron chi connectivity index (χ3n) is 3.85. The van der Waals surface area contributed by atoms with E-state index in [1.807, 2.05) is 25.1 Å². The van der Waals surface area contributed by atoms with Gasteiger partial charge in [-0.05, 0) is 42.7 Å². The Labute approximate surface area is 138 Å². The summed E-state index contributed by atoms with van der Waals surface area (Å²) in [4.78, 5) is 0.181. The van der Waals surface area contributed by atoms with Gasteiger partial charge in [0.15, 0.2) is 0 Å². The maximum Gasteiger partial charge on any atom is 0.268 e. The van der Waals surface area contributed by atoms with Crippen LogP contribution in [0.15, 0.2) is 45.8 Å². The van der Waals surface area contributed by atoms with Crippen molar-refractivity contribution in [3.05, 3.63) is 52.0 Å². The third kappa shape index (κ3) is 2.40. The molecular weight excluding hydrogens is 366 g/mol. The van der Waals surface area contributed by atoms with Crippen molar-refractivity contribution in [2.24, 2.45) is 0 Å². The lowest BCUT2D eigenvalue weighted by Gasteiger charge is -2.22. The number of hydrogen-bond acceptors (Lipinski definition) is 3. The van der Waals surface area contributed by atoms with Crippen LogP contribution < -0.4 is 9.04 Å². The second-order valence-corrected chi connectivity index (χ2v) is 7.95. The van der Waals surface area contributed by atoms with Gasteiger partial charge in [0, 0.05) is 11.0 Å². The van der Waals surface area contributed by atoms with Crippen LogP contribution in [0.1, 0.15) is 11.1 Å². The highest BCUT2D eigenvalue weighted by Gasteiger charge is 2.33. The number of aryl methyl sites for hydroxylation is 1. The van der Waals surface area contributed by atoms with Crippen LogP contribution in [-0.2, 0) is 16.4 Å². The zero-order chi connectivity index (χ0) is 15.9. The molecule has 2 aromatic carbocycles. The molecule has 4 nitrogen and oxygen atoms in total. The number of benzene rings is 2. The van der Waals surface area contributed by atoms with E-state index in [1.165, 1.54) is 11.4 Å². The lowest BCUT2D eigenvalue weighted by atomic mass is 10.1. The van der Waals surface area contributed by atoms with Gasteiger partial charge in [-0.25, -0.2) is 8.42 Å². The van der Waals surface area contributed by atoms with E-state index >= 15 is 0 Å². The zero-order valence-electron chi connectivity index (χ0n) is 12.3. The standard InChI is InChI=1S/C16H16BrNO3S/c1-11-4-3-5-12-8-9-18(16(11)12)22(19,20)15-10-13(17)6-7-14(15)21-2/h3-7,10H,8-9H2,1-2H3. The number of nitrogens with zero attached hydrogens (tertiary/aromatic N) is 1. The summed E-state index contributed by atoms with van der Waals surface area (Å²) in [6.45, 7) is 2.39. The molecule has 1 aliphatic rings. The first-order valence-corrected chi connectivity index (χ1v) is 9.13. The van der Waals surface area contributed by atoms with Crippen LogP contribution in [-0.4, -0.2) is 22.1 Å². The summed E-state index contributed by atoms with van der Waals surface area (Å²) in [5.74, 6) is 0.352. The number of para-hydroxylation sites is 1. The average Bonchev–Trinajstić information content (AvgIpc) is 2.93. The lowest BCUT2D eigenvalue weighted by Crippen LogP contribution is -2.30. The summed E-state index contributed by atoms with van der Waals surface area (Å²) in [6, 6.07) is 10.9. The number of rotatable bonds is 3. The number of hydrogen-bond donors (Lipinski definition) is 0. The average molecular weight is 382 g/mol. The Bertz CT molecular complexity index is 833. The highest BCUT2D eigenvalue weighted by Crippen LogP contribution is 2.38. The van der Waals surface area contributed by atoms with Crippen LogP contribution in [0.3, 0.4) is 0 Å². The number of anilines is 1. The summed E-state index contributed by atoms with van der Waals surface area (Å²) < 4.78 is 33.6. The molecule has 0 N–H and O–H groups in total. The molecule has 0 aromatic heterocycles. The van der Waals surface area contributed by atoms with Crippen LogP contribution in [0.25, 0.3) is 0 Å². The van der Waals surface area contributed by atoms with Crippen LogP contribution >= 0.6 is 15.9 Å². The SMILES string of the molecule is COc1ccc(Br)cc1S(=O)(=O)N1CCc2cccc(C)c21. The first-order chi connectivity index (χ1) is 10.4. The molecule has 0 spiro atoms. The largest absolute Gasteiger partial charge is 0.495 e. The number of fused-ring (bicyclic) bond motifs is 1. The highest BCUT2D eigenvalue weighted by atomic mass is 79.9. The quantitative estimate of drug-likeness (QED) is 0.816. The van der Waals surface area contributed by atoms with Gasteiger partial charge in [-0.1, -0.05) is 34.1 Å². The zero-order valence-corrected chi connectivity index (χ0v) is 14.7. The summed E-state index contributed by atoms with van der Waals surface area (Å²) in [7, 11) is -2.18. The van der Waals surface area contributed by atoms with Crippen molar-refractivity contribution < 1.29 is 13.2 Å². The van der Waals surface area contributed by atoms with Crippen molar-refractivity contribution in [3.63, 3.8) is 0 Å². The van der Waals surface area contributed by atoms with E-state index in [9.17, 15) is 8.42 Å². The van der Waals surface area contributed by atoms with E-state index in [2.05, 4.69) is 15.9 Å². The van der Waals surface area contributed by atoms with Crippen LogP contribution in [0.5, 0.6) is 5.75 Å². The van der Waals surface area contributed by atoms with Crippen molar-refractivity contribution in [1.82, 2.24) is 0 Å². The fraction of sp³-hybridized carbons (Fsp3) is 0.250. The Hall–Kier alpha value is -1.53. The van der Waals surface area contributed by atoms with Crippen molar-refractivity contribution in [2.45, 2.75) is 18.2 Å². The maximum atomic E-state index is 13.1. The van der Waals surface area contributed by atoms with Gasteiger partial charge in [-0.3, -0.25) is 4.31 Å². The fourth-order valence-corrected chi connectivity index (χ4v) is 5.09. The second kappa shape index (κ2) is 5.59. The molecule has 0 radical (unpaired) electrons. The molecule has 0 saturated carbocycles. The Balaban J connectivity index is 2.16. The maximum absolute atomic E-state index is 13.1. The summed E-state index contributed by atoms with van der Waals surface area (Å²) in [6.07, 6.45) is 0.729. The molecule has 0 bridgehead atoms. The van der Waals surface area contributed by atoms with Gasteiger partial charge in [0.25, 0.3) is 10.0 Å². The monoisotopic (exact) mass is 381 g/mol. The molecule has 1 heterocycles. The number of ether oxygens (including phenoxy) is 1. The molecule has 0 aliphatic carbocycles. The van der Waals surface area contributed by atoms with Crippen molar-refractivity contribution in [1.29, 1.82) is 0 Å². The van der Waals surface area contributed by atoms with Crippen molar-refractivity contribution in [2.75, 3.05) is 18.0 Å². The second-order valence-electron chi connectivity index (χ2n) is 5.20. The molecule has 0 atom stereocenters. The lowest BCUT2D eigenvalue weighted by molar-refractivity contribution is 0.402. The molecule has 0 unspecified atom stereocenters. The Morgan fingerprint density at radius 1 is 1.23 bits per heavy atom. The van der Waals surface area contributed by atoms with Gasteiger partial charge in [-0.15, -0.1) is 0 Å². The molecule has 1 aliphatic heterocycles. The van der Waals surface area contributed by atoms with Gasteiger partial charge < -0.3 is 4.74 Å². The molecular formula is C16H16BrNO3S. The van der Waals surface area contributed by atoms with E-state index in [-0.39, 0.29) is 4.90 Å². The first-order valence-electron chi connectivity index (χ1n) is 6.90. The van der Waals surface area contributed by atoms with Crippen LogP contribution in [0, 0.1) is 6.92 Å². The Morgan fingerprint density at radius 3 is 2.73 bits per heavy atom. The predicted molar refractivity (Wildman–Crippen MR) is 90.1 cm³/mol. The van der Waals surface area contributed by atoms with E-state index in [0.717, 1.165) is 23.2 Å². The topological polar surface area (TPSA) is 46.6 Å².